The Morgan fingerprint density at radius 2 is 0.471 bits per heavy atom. The lowest BCUT2D eigenvalue weighted by Crippen LogP contribution is -2.18. The van der Waals surface area contributed by atoms with Crippen LogP contribution in [-0.4, -0.2) is 47.3 Å². The van der Waals surface area contributed by atoms with Crippen molar-refractivity contribution in [1.29, 1.82) is 0 Å². The lowest BCUT2D eigenvalue weighted by atomic mass is 9.99. The second kappa shape index (κ2) is 19.6. The van der Waals surface area contributed by atoms with Crippen molar-refractivity contribution in [3.05, 3.63) is 289 Å². The van der Waals surface area contributed by atoms with Crippen molar-refractivity contribution in [3.8, 4) is 44.5 Å². The zero-order chi connectivity index (χ0) is 48.0. The Morgan fingerprint density at radius 1 is 0.243 bits per heavy atom. The minimum Gasteiger partial charge on any atom is -0.285 e. The van der Waals surface area contributed by atoms with Crippen molar-refractivity contribution in [2.45, 2.75) is 0 Å². The smallest absolute Gasteiger partial charge is 0.230 e. The maximum absolute atomic E-state index is 14.6. The molecule has 70 heavy (non-hydrogen) atoms. The molecule has 0 radical (unpaired) electrons. The minimum atomic E-state index is -0.557. The van der Waals surface area contributed by atoms with Crippen molar-refractivity contribution in [2.75, 3.05) is 0 Å². The highest BCUT2D eigenvalue weighted by Gasteiger charge is 2.26. The van der Waals surface area contributed by atoms with Crippen LogP contribution in [0.3, 0.4) is 0 Å². The molecule has 0 aliphatic heterocycles. The minimum absolute atomic E-state index is 0.00291. The number of aromatic nitrogens is 6. The zero-order valence-electron chi connectivity index (χ0n) is 37.6. The van der Waals surface area contributed by atoms with Gasteiger partial charge in [-0.05, 0) is 74.3 Å². The summed E-state index contributed by atoms with van der Waals surface area (Å²) in [7, 11) is 0. The lowest BCUT2D eigenvalue weighted by molar-refractivity contribution is 0.101. The van der Waals surface area contributed by atoms with Crippen LogP contribution in [0.5, 0.6) is 0 Å². The van der Waals surface area contributed by atoms with Crippen LogP contribution in [0.25, 0.3) is 55.7 Å². The fourth-order valence-corrected chi connectivity index (χ4v) is 8.01. The largest absolute Gasteiger partial charge is 0.285 e. The molecule has 9 nitrogen and oxygen atoms in total. The molecular weight excluding hydrogens is 865 g/mol. The zero-order valence-corrected chi connectivity index (χ0v) is 37.6. The molecule has 0 aliphatic carbocycles. The molecule has 0 unspecified atom stereocenters. The molecule has 332 valence electrons. The molecule has 0 saturated carbocycles. The number of carbonyl (C=O) groups is 3. The first-order valence-corrected chi connectivity index (χ1v) is 22.4. The summed E-state index contributed by atoms with van der Waals surface area (Å²) < 4.78 is 0. The van der Waals surface area contributed by atoms with Gasteiger partial charge in [-0.3, -0.25) is 14.4 Å². The maximum Gasteiger partial charge on any atom is 0.230 e. The third-order valence-corrected chi connectivity index (χ3v) is 11.7. The number of nitrogens with zero attached hydrogens (tertiary/aromatic N) is 6. The molecule has 10 aromatic rings. The van der Waals surface area contributed by atoms with Crippen LogP contribution in [0.1, 0.15) is 71.6 Å². The van der Waals surface area contributed by atoms with Crippen molar-refractivity contribution in [3.63, 3.8) is 0 Å². The number of ketones is 3. The molecular formula is C61H40N6O3. The van der Waals surface area contributed by atoms with Gasteiger partial charge in [-0.1, -0.05) is 207 Å². The van der Waals surface area contributed by atoms with Crippen LogP contribution < -0.4 is 0 Å². The van der Waals surface area contributed by atoms with Crippen molar-refractivity contribution in [1.82, 2.24) is 29.9 Å². The van der Waals surface area contributed by atoms with E-state index in [1.165, 1.54) is 0 Å². The second-order valence-corrected chi connectivity index (χ2v) is 16.3. The summed E-state index contributed by atoms with van der Waals surface area (Å²) in [4.78, 5) is 71.8. The van der Waals surface area contributed by atoms with E-state index in [1.807, 2.05) is 164 Å². The normalized spacial score (nSPS) is 10.9. The van der Waals surface area contributed by atoms with Gasteiger partial charge in [0.1, 0.15) is 0 Å². The fraction of sp³-hybridized carbons (Fsp3) is 0. The summed E-state index contributed by atoms with van der Waals surface area (Å²) in [6.07, 6.45) is 0. The second-order valence-electron chi connectivity index (χ2n) is 16.3. The van der Waals surface area contributed by atoms with Gasteiger partial charge in [-0.25, -0.2) is 29.9 Å². The van der Waals surface area contributed by atoms with Crippen LogP contribution in [-0.2, 0) is 0 Å². The monoisotopic (exact) mass is 904 g/mol. The third kappa shape index (κ3) is 9.44. The highest BCUT2D eigenvalue weighted by Crippen LogP contribution is 2.29. The van der Waals surface area contributed by atoms with Crippen LogP contribution in [0.2, 0.25) is 0 Å². The van der Waals surface area contributed by atoms with Gasteiger partial charge in [-0.2, -0.15) is 0 Å². The van der Waals surface area contributed by atoms with Crippen LogP contribution >= 0.6 is 0 Å². The van der Waals surface area contributed by atoms with Gasteiger partial charge in [-0.15, -0.1) is 0 Å². The number of rotatable bonds is 14. The van der Waals surface area contributed by atoms with Crippen molar-refractivity contribution < 1.29 is 14.4 Å². The van der Waals surface area contributed by atoms with E-state index in [4.69, 9.17) is 15.0 Å². The van der Waals surface area contributed by atoms with E-state index in [0.717, 1.165) is 44.5 Å². The molecule has 2 aromatic heterocycles. The van der Waals surface area contributed by atoms with E-state index in [1.54, 1.807) is 54.6 Å². The number of benzene rings is 8. The summed E-state index contributed by atoms with van der Waals surface area (Å²) >= 11 is 0. The summed E-state index contributed by atoms with van der Waals surface area (Å²) in [5.41, 5.74) is 9.14. The molecule has 0 fully saturated rings. The first-order valence-electron chi connectivity index (χ1n) is 22.4. The van der Waals surface area contributed by atoms with Crippen LogP contribution in [0.4, 0.5) is 0 Å². The molecule has 9 heteroatoms. The quantitative estimate of drug-likeness (QED) is 0.0979. The van der Waals surface area contributed by atoms with Gasteiger partial charge in [0.15, 0.2) is 17.5 Å². The standard InChI is InChI=1S/C61H40N6O3/c1-39(45-27-15-28-46(35-45)41-19-7-3-8-20-41)56-62-57(64-59(63-56)53(68)50-32-16-29-47(36-50)42-21-9-4-10-22-42)40(2)58-65-60(54(69)51-33-17-30-48(37-51)43-23-11-5-12-24-43)67-61(66-58)55(70)52-34-18-31-49(38-52)44-25-13-6-14-26-44/h3-38H,1-2H2. The van der Waals surface area contributed by atoms with E-state index < -0.39 is 17.3 Å². The number of hydrogen-bond acceptors (Lipinski definition) is 9. The van der Waals surface area contributed by atoms with Gasteiger partial charge in [0.2, 0.25) is 34.8 Å². The SMILES string of the molecule is C=C(c1cccc(-c2ccccc2)c1)c1nc(C(=C)c2nc(C(=O)c3cccc(-c4ccccc4)c3)nc(C(=O)c3cccc(-c4ccccc4)c3)n2)nc(C(=O)c2cccc(-c3ccccc3)c2)n1. The number of carbonyl (C=O) groups excluding carboxylic acids is 3. The lowest BCUT2D eigenvalue weighted by Gasteiger charge is -2.13. The molecule has 0 amide bonds. The third-order valence-electron chi connectivity index (χ3n) is 11.7. The summed E-state index contributed by atoms with van der Waals surface area (Å²) in [5, 5.41) is 0. The van der Waals surface area contributed by atoms with Gasteiger partial charge in [0.05, 0.1) is 5.57 Å². The van der Waals surface area contributed by atoms with Gasteiger partial charge < -0.3 is 0 Å². The van der Waals surface area contributed by atoms with E-state index in [9.17, 15) is 14.4 Å². The van der Waals surface area contributed by atoms with Crippen LogP contribution in [0, 0.1) is 0 Å². The Kier molecular flexibility index (Phi) is 12.4. The average Bonchev–Trinajstić information content (AvgIpc) is 3.45. The maximum atomic E-state index is 14.6. The molecule has 10 rings (SSSR count). The predicted molar refractivity (Wildman–Crippen MR) is 274 cm³/mol. The fourth-order valence-electron chi connectivity index (χ4n) is 8.01. The highest BCUT2D eigenvalue weighted by atomic mass is 16.1. The van der Waals surface area contributed by atoms with E-state index >= 15 is 0 Å². The first kappa shape index (κ1) is 44.1. The Labute approximate surface area is 404 Å². The molecule has 0 atom stereocenters. The van der Waals surface area contributed by atoms with Gasteiger partial charge in [0.25, 0.3) is 0 Å². The Hall–Kier alpha value is -9.73. The molecule has 0 N–H and O–H groups in total. The summed E-state index contributed by atoms with van der Waals surface area (Å²) in [5.74, 6) is -2.53. The Bertz CT molecular complexity index is 3170. The molecule has 0 spiro atoms. The van der Waals surface area contributed by atoms with E-state index in [2.05, 4.69) is 28.1 Å². The topological polar surface area (TPSA) is 129 Å². The Balaban J connectivity index is 1.10. The van der Waals surface area contributed by atoms with Crippen LogP contribution in [0.15, 0.2) is 232 Å². The number of hydrogen-bond donors (Lipinski definition) is 0. The van der Waals surface area contributed by atoms with E-state index in [0.29, 0.717) is 16.7 Å². The summed E-state index contributed by atoms with van der Waals surface area (Å²) in [6, 6.07) is 68.1. The van der Waals surface area contributed by atoms with Crippen molar-refractivity contribution >= 4 is 28.5 Å². The van der Waals surface area contributed by atoms with E-state index in [-0.39, 0.29) is 51.6 Å². The molecule has 0 bridgehead atoms. The van der Waals surface area contributed by atoms with Gasteiger partial charge >= 0.3 is 0 Å². The molecule has 8 aromatic carbocycles. The van der Waals surface area contributed by atoms with Gasteiger partial charge in [0, 0.05) is 22.3 Å². The molecule has 0 aliphatic rings. The summed E-state index contributed by atoms with van der Waals surface area (Å²) in [6.45, 7) is 8.74. The average molecular weight is 905 g/mol. The molecule has 2 heterocycles. The first-order chi connectivity index (χ1) is 34.3. The van der Waals surface area contributed by atoms with Crippen molar-refractivity contribution in [2.24, 2.45) is 0 Å². The molecule has 0 saturated heterocycles. The Morgan fingerprint density at radius 3 is 0.786 bits per heavy atom. The predicted octanol–water partition coefficient (Wildman–Crippen LogP) is 12.5. The highest BCUT2D eigenvalue weighted by molar-refractivity contribution is 6.10.